The number of carbonyl (C=O) groups is 2. The Hall–Kier alpha value is -1.18. The molecule has 3 rings (SSSR count). The molecule has 0 aromatic rings. The average Bonchev–Trinajstić information content (AvgIpc) is 2.70. The summed E-state index contributed by atoms with van der Waals surface area (Å²) < 4.78 is 0. The summed E-state index contributed by atoms with van der Waals surface area (Å²) in [4.78, 5) is 23.9. The first-order chi connectivity index (χ1) is 7.05. The summed E-state index contributed by atoms with van der Waals surface area (Å²) in [5.41, 5.74) is 0.417. The molecular weight excluding hydrogens is 188 g/mol. The van der Waals surface area contributed by atoms with E-state index in [-0.39, 0.29) is 23.4 Å². The first-order valence-corrected chi connectivity index (χ1v) is 5.50. The van der Waals surface area contributed by atoms with Crippen LogP contribution in [0, 0.1) is 23.2 Å². The van der Waals surface area contributed by atoms with Gasteiger partial charge in [-0.15, -0.1) is 0 Å². The molecule has 1 fully saturated rings. The van der Waals surface area contributed by atoms with Crippen LogP contribution in [0.25, 0.3) is 0 Å². The summed E-state index contributed by atoms with van der Waals surface area (Å²) in [6.45, 7) is 3.83. The predicted molar refractivity (Wildman–Crippen MR) is 56.1 cm³/mol. The molecule has 0 unspecified atom stereocenters. The van der Waals surface area contributed by atoms with Crippen LogP contribution in [0.2, 0.25) is 0 Å². The number of hydrogen-bond acceptors (Lipinski definition) is 2. The van der Waals surface area contributed by atoms with Gasteiger partial charge in [-0.25, -0.2) is 0 Å². The molecule has 0 amide bonds. The highest BCUT2D eigenvalue weighted by molar-refractivity contribution is 6.07. The molecule has 0 radical (unpaired) electrons. The fraction of sp³-hybridized carbons (Fsp3) is 0.538. The van der Waals surface area contributed by atoms with Crippen molar-refractivity contribution in [1.29, 1.82) is 0 Å². The Morgan fingerprint density at radius 2 is 2.13 bits per heavy atom. The van der Waals surface area contributed by atoms with E-state index in [9.17, 15) is 9.59 Å². The molecule has 15 heavy (non-hydrogen) atoms. The Balaban J connectivity index is 2.10. The molecule has 0 aromatic carbocycles. The maximum absolute atomic E-state index is 12.0. The Labute approximate surface area is 89.0 Å². The molecule has 0 saturated heterocycles. The molecule has 0 heterocycles. The second-order valence-electron chi connectivity index (χ2n) is 5.20. The van der Waals surface area contributed by atoms with Crippen molar-refractivity contribution in [2.24, 2.45) is 23.2 Å². The van der Waals surface area contributed by atoms with Crippen molar-refractivity contribution in [3.8, 4) is 0 Å². The molecule has 3 aliphatic carbocycles. The quantitative estimate of drug-likeness (QED) is 0.601. The molecule has 0 N–H and O–H groups in total. The lowest BCUT2D eigenvalue weighted by atomic mass is 9.72. The van der Waals surface area contributed by atoms with Crippen LogP contribution in [0.4, 0.5) is 0 Å². The molecule has 1 saturated carbocycles. The molecule has 0 spiro atoms. The molecule has 2 heteroatoms. The van der Waals surface area contributed by atoms with E-state index >= 15 is 0 Å². The SMILES string of the molecule is CC1=C[C@H]2C[C@H]3C=CC(=O)[C@@]3(C)[C@H]2C1=O. The highest BCUT2D eigenvalue weighted by Crippen LogP contribution is 2.58. The van der Waals surface area contributed by atoms with E-state index in [1.807, 2.05) is 19.9 Å². The highest BCUT2D eigenvalue weighted by atomic mass is 16.1. The van der Waals surface area contributed by atoms with Crippen LogP contribution in [0.5, 0.6) is 0 Å². The van der Waals surface area contributed by atoms with E-state index in [1.165, 1.54) is 0 Å². The number of Topliss-reactive ketones (excluding diaryl/α,β-unsaturated/α-hetero) is 1. The topological polar surface area (TPSA) is 34.1 Å². The first-order valence-electron chi connectivity index (χ1n) is 5.50. The van der Waals surface area contributed by atoms with Crippen molar-refractivity contribution < 1.29 is 9.59 Å². The van der Waals surface area contributed by atoms with Crippen LogP contribution in [-0.4, -0.2) is 11.6 Å². The zero-order chi connectivity index (χ0) is 10.8. The van der Waals surface area contributed by atoms with Gasteiger partial charge in [-0.1, -0.05) is 19.1 Å². The van der Waals surface area contributed by atoms with E-state index in [0.717, 1.165) is 12.0 Å². The van der Waals surface area contributed by atoms with E-state index in [0.29, 0.717) is 5.92 Å². The first kappa shape index (κ1) is 9.08. The minimum atomic E-state index is -0.435. The zero-order valence-electron chi connectivity index (χ0n) is 8.99. The number of rotatable bonds is 0. The zero-order valence-corrected chi connectivity index (χ0v) is 8.99. The minimum absolute atomic E-state index is 0.0787. The summed E-state index contributed by atoms with van der Waals surface area (Å²) >= 11 is 0. The Morgan fingerprint density at radius 3 is 2.87 bits per heavy atom. The molecule has 0 aromatic heterocycles. The van der Waals surface area contributed by atoms with Gasteiger partial charge in [0.1, 0.15) is 0 Å². The van der Waals surface area contributed by atoms with Gasteiger partial charge >= 0.3 is 0 Å². The van der Waals surface area contributed by atoms with Crippen molar-refractivity contribution in [3.63, 3.8) is 0 Å². The van der Waals surface area contributed by atoms with Crippen molar-refractivity contribution in [2.75, 3.05) is 0 Å². The molecule has 2 nitrogen and oxygen atoms in total. The van der Waals surface area contributed by atoms with Crippen molar-refractivity contribution in [2.45, 2.75) is 20.3 Å². The van der Waals surface area contributed by atoms with Gasteiger partial charge in [0.2, 0.25) is 0 Å². The van der Waals surface area contributed by atoms with Gasteiger partial charge in [0, 0.05) is 11.3 Å². The number of allylic oxidation sites excluding steroid dienone is 4. The minimum Gasteiger partial charge on any atom is -0.294 e. The number of fused-ring (bicyclic) bond motifs is 3. The van der Waals surface area contributed by atoms with E-state index in [4.69, 9.17) is 0 Å². The fourth-order valence-electron chi connectivity index (χ4n) is 3.63. The molecule has 78 valence electrons. The van der Waals surface area contributed by atoms with Gasteiger partial charge < -0.3 is 0 Å². The van der Waals surface area contributed by atoms with Crippen molar-refractivity contribution in [1.82, 2.24) is 0 Å². The third-order valence-corrected chi connectivity index (χ3v) is 4.52. The van der Waals surface area contributed by atoms with E-state index in [2.05, 4.69) is 6.08 Å². The predicted octanol–water partition coefficient (Wildman–Crippen LogP) is 1.91. The normalized spacial score (nSPS) is 47.1. The molecule has 4 atom stereocenters. The van der Waals surface area contributed by atoms with Gasteiger partial charge in [0.25, 0.3) is 0 Å². The van der Waals surface area contributed by atoms with Gasteiger partial charge in [0.05, 0.1) is 0 Å². The third-order valence-electron chi connectivity index (χ3n) is 4.52. The van der Waals surface area contributed by atoms with Crippen LogP contribution >= 0.6 is 0 Å². The van der Waals surface area contributed by atoms with Gasteiger partial charge in [-0.3, -0.25) is 9.59 Å². The Bertz CT molecular complexity index is 430. The second kappa shape index (κ2) is 2.49. The largest absolute Gasteiger partial charge is 0.294 e. The van der Waals surface area contributed by atoms with Gasteiger partial charge in [-0.05, 0) is 36.8 Å². The van der Waals surface area contributed by atoms with Crippen LogP contribution in [0.1, 0.15) is 20.3 Å². The van der Waals surface area contributed by atoms with Crippen LogP contribution < -0.4 is 0 Å². The second-order valence-corrected chi connectivity index (χ2v) is 5.20. The molecule has 0 bridgehead atoms. The van der Waals surface area contributed by atoms with E-state index < -0.39 is 5.41 Å². The average molecular weight is 202 g/mol. The van der Waals surface area contributed by atoms with E-state index in [1.54, 1.807) is 6.08 Å². The molecule has 3 aliphatic rings. The fourth-order valence-corrected chi connectivity index (χ4v) is 3.63. The third kappa shape index (κ3) is 0.858. The van der Waals surface area contributed by atoms with Gasteiger partial charge in [-0.2, -0.15) is 0 Å². The van der Waals surface area contributed by atoms with Crippen LogP contribution in [0.3, 0.4) is 0 Å². The standard InChI is InChI=1S/C13H14O2/c1-7-5-8-6-9-3-4-10(14)13(9,2)11(8)12(7)15/h3-5,8-9,11H,6H2,1-2H3/t8-,9+,11+,13-/m0/s1. The maximum atomic E-state index is 12.0. The Morgan fingerprint density at radius 1 is 1.40 bits per heavy atom. The lowest BCUT2D eigenvalue weighted by molar-refractivity contribution is -0.132. The van der Waals surface area contributed by atoms with Gasteiger partial charge in [0.15, 0.2) is 11.6 Å². The van der Waals surface area contributed by atoms with Crippen LogP contribution in [0.15, 0.2) is 23.8 Å². The molecular formula is C13H14O2. The monoisotopic (exact) mass is 202 g/mol. The lowest BCUT2D eigenvalue weighted by Gasteiger charge is -2.28. The smallest absolute Gasteiger partial charge is 0.162 e. The molecule has 0 aliphatic heterocycles. The highest BCUT2D eigenvalue weighted by Gasteiger charge is 2.60. The summed E-state index contributed by atoms with van der Waals surface area (Å²) in [6, 6.07) is 0. The summed E-state index contributed by atoms with van der Waals surface area (Å²) in [6.07, 6.45) is 6.70. The van der Waals surface area contributed by atoms with Crippen molar-refractivity contribution in [3.05, 3.63) is 23.8 Å². The summed E-state index contributed by atoms with van der Waals surface area (Å²) in [5, 5.41) is 0. The number of hydrogen-bond donors (Lipinski definition) is 0. The number of ketones is 2. The van der Waals surface area contributed by atoms with Crippen molar-refractivity contribution >= 4 is 11.6 Å². The number of carbonyl (C=O) groups excluding carboxylic acids is 2. The summed E-state index contributed by atoms with van der Waals surface area (Å²) in [5.74, 6) is 0.859. The van der Waals surface area contributed by atoms with Crippen LogP contribution in [-0.2, 0) is 9.59 Å². The summed E-state index contributed by atoms with van der Waals surface area (Å²) in [7, 11) is 0. The lowest BCUT2D eigenvalue weighted by Crippen LogP contribution is -2.37. The maximum Gasteiger partial charge on any atom is 0.162 e. The Kier molecular flexibility index (Phi) is 1.51.